The smallest absolute Gasteiger partial charge is 0.312 e. The van der Waals surface area contributed by atoms with Gasteiger partial charge in [-0.15, -0.1) is 13.2 Å². The van der Waals surface area contributed by atoms with Crippen LogP contribution in [0.1, 0.15) is 31.7 Å². The number of esters is 1. The van der Waals surface area contributed by atoms with Crippen LogP contribution in [-0.2, 0) is 23.9 Å². The summed E-state index contributed by atoms with van der Waals surface area (Å²) in [6.45, 7) is 11.0. The van der Waals surface area contributed by atoms with Crippen LogP contribution < -0.4 is 4.90 Å². The van der Waals surface area contributed by atoms with Gasteiger partial charge in [0.05, 0.1) is 47.9 Å². The first kappa shape index (κ1) is 26.4. The van der Waals surface area contributed by atoms with E-state index in [0.29, 0.717) is 30.0 Å². The minimum atomic E-state index is -1.20. The van der Waals surface area contributed by atoms with Gasteiger partial charge < -0.3 is 24.4 Å². The molecule has 6 atom stereocenters. The highest BCUT2D eigenvalue weighted by molar-refractivity contribution is 6.34. The summed E-state index contributed by atoms with van der Waals surface area (Å²) in [5, 5.41) is 10.4. The van der Waals surface area contributed by atoms with Crippen LogP contribution in [0.2, 0.25) is 5.02 Å². The van der Waals surface area contributed by atoms with Gasteiger partial charge >= 0.3 is 5.97 Å². The van der Waals surface area contributed by atoms with Gasteiger partial charge in [-0.3, -0.25) is 14.4 Å². The molecule has 0 aromatic heterocycles. The number of carbonyl (C=O) groups is 3. The Balaban J connectivity index is 1.78. The van der Waals surface area contributed by atoms with Crippen molar-refractivity contribution in [1.29, 1.82) is 0 Å². The first-order valence-corrected chi connectivity index (χ1v) is 12.7. The molecule has 9 heteroatoms. The molecule has 1 aromatic rings. The number of hydrogen-bond donors (Lipinski definition) is 1. The molecule has 3 aliphatic rings. The zero-order valence-corrected chi connectivity index (χ0v) is 21.4. The zero-order valence-electron chi connectivity index (χ0n) is 20.7. The maximum absolute atomic E-state index is 14.4. The summed E-state index contributed by atoms with van der Waals surface area (Å²) in [5.74, 6) is -2.94. The van der Waals surface area contributed by atoms with Crippen LogP contribution in [0.3, 0.4) is 0 Å². The quantitative estimate of drug-likeness (QED) is 0.292. The van der Waals surface area contributed by atoms with Gasteiger partial charge in [0.2, 0.25) is 5.91 Å². The Bertz CT molecular complexity index is 1060. The molecule has 0 saturated carbocycles. The number of anilines is 1. The van der Waals surface area contributed by atoms with Gasteiger partial charge in [0.15, 0.2) is 0 Å². The summed E-state index contributed by atoms with van der Waals surface area (Å²) in [7, 11) is 0. The fourth-order valence-electron chi connectivity index (χ4n) is 6.07. The van der Waals surface area contributed by atoms with Crippen LogP contribution >= 0.6 is 11.6 Å². The molecule has 36 heavy (non-hydrogen) atoms. The third kappa shape index (κ3) is 4.05. The first-order chi connectivity index (χ1) is 17.2. The number of halogens is 1. The van der Waals surface area contributed by atoms with Crippen LogP contribution in [0.25, 0.3) is 0 Å². The number of carbonyl (C=O) groups excluding carboxylic acids is 3. The van der Waals surface area contributed by atoms with Crippen molar-refractivity contribution in [3.63, 3.8) is 0 Å². The molecule has 1 spiro atoms. The Hall–Kier alpha value is -2.68. The summed E-state index contributed by atoms with van der Waals surface area (Å²) in [6, 6.07) is 3.66. The van der Waals surface area contributed by atoms with Crippen molar-refractivity contribution in [3.8, 4) is 0 Å². The third-order valence-electron chi connectivity index (χ3n) is 7.59. The lowest BCUT2D eigenvalue weighted by molar-refractivity contribution is -0.155. The van der Waals surface area contributed by atoms with E-state index in [1.807, 2.05) is 13.0 Å². The second kappa shape index (κ2) is 10.4. The number of para-hydroxylation sites is 1. The number of aliphatic hydroxyl groups is 1. The zero-order chi connectivity index (χ0) is 26.2. The number of ether oxygens (including phenoxy) is 2. The summed E-state index contributed by atoms with van der Waals surface area (Å²) in [4.78, 5) is 44.2. The number of aryl methyl sites for hydroxylation is 1. The fraction of sp³-hybridized carbons (Fsp3) is 0.519. The molecule has 194 valence electrons. The van der Waals surface area contributed by atoms with Crippen molar-refractivity contribution in [2.24, 2.45) is 11.8 Å². The van der Waals surface area contributed by atoms with E-state index >= 15 is 0 Å². The number of benzene rings is 1. The molecule has 2 bridgehead atoms. The predicted octanol–water partition coefficient (Wildman–Crippen LogP) is 3.04. The number of rotatable bonds is 10. The molecule has 3 heterocycles. The van der Waals surface area contributed by atoms with E-state index in [-0.39, 0.29) is 31.6 Å². The van der Waals surface area contributed by atoms with Gasteiger partial charge in [-0.1, -0.05) is 35.9 Å². The first-order valence-electron chi connectivity index (χ1n) is 12.3. The van der Waals surface area contributed by atoms with E-state index in [1.165, 1.54) is 9.80 Å². The molecule has 3 saturated heterocycles. The molecular weight excluding hydrogens is 484 g/mol. The normalized spacial score (nSPS) is 29.1. The number of amides is 2. The van der Waals surface area contributed by atoms with Gasteiger partial charge in [0.1, 0.15) is 11.6 Å². The largest absolute Gasteiger partial charge is 0.465 e. The van der Waals surface area contributed by atoms with Crippen LogP contribution in [0.5, 0.6) is 0 Å². The maximum atomic E-state index is 14.4. The summed E-state index contributed by atoms with van der Waals surface area (Å²) < 4.78 is 11.8. The molecule has 2 amide bonds. The lowest BCUT2D eigenvalue weighted by Gasteiger charge is -2.39. The van der Waals surface area contributed by atoms with Gasteiger partial charge in [0, 0.05) is 6.54 Å². The Kier molecular flexibility index (Phi) is 7.59. The molecule has 4 rings (SSSR count). The van der Waals surface area contributed by atoms with Crippen LogP contribution in [0, 0.1) is 18.8 Å². The number of hydrogen-bond acceptors (Lipinski definition) is 6. The van der Waals surface area contributed by atoms with E-state index < -0.39 is 41.6 Å². The monoisotopic (exact) mass is 516 g/mol. The lowest BCUT2D eigenvalue weighted by atomic mass is 9.70. The molecule has 8 nitrogen and oxygen atoms in total. The van der Waals surface area contributed by atoms with Crippen LogP contribution in [0.15, 0.2) is 43.5 Å². The highest BCUT2D eigenvalue weighted by atomic mass is 35.5. The topological polar surface area (TPSA) is 96.4 Å². The fourth-order valence-corrected chi connectivity index (χ4v) is 6.40. The Morgan fingerprint density at radius 3 is 2.78 bits per heavy atom. The van der Waals surface area contributed by atoms with Crippen molar-refractivity contribution in [1.82, 2.24) is 4.90 Å². The highest BCUT2D eigenvalue weighted by Crippen LogP contribution is 2.59. The summed E-state index contributed by atoms with van der Waals surface area (Å²) >= 11 is 6.53. The number of likely N-dealkylation sites (tertiary alicyclic amines) is 1. The average molecular weight is 517 g/mol. The van der Waals surface area contributed by atoms with Crippen molar-refractivity contribution in [2.75, 3.05) is 24.7 Å². The van der Waals surface area contributed by atoms with Crippen molar-refractivity contribution in [2.45, 2.75) is 56.9 Å². The Morgan fingerprint density at radius 2 is 2.14 bits per heavy atom. The minimum Gasteiger partial charge on any atom is -0.465 e. The standard InChI is InChI=1S/C27H33ClN2O6/c1-5-7-14-35-26(34)20-19-11-12-27(36-19)21(20)24(32)30(17(4)15-31)23(27)25(33)29(13-6-2)22-16(3)9-8-10-18(22)28/h5-6,8-10,17,19-21,23,31H,1-2,7,11-15H2,3-4H3/t17-,19-,20+,21+,23?,27?/m1/s1. The Morgan fingerprint density at radius 1 is 1.39 bits per heavy atom. The van der Waals surface area contributed by atoms with Crippen LogP contribution in [0.4, 0.5) is 5.69 Å². The number of nitrogens with zero attached hydrogens (tertiary/aromatic N) is 2. The Labute approximate surface area is 216 Å². The number of fused-ring (bicyclic) bond motifs is 1. The predicted molar refractivity (Wildman–Crippen MR) is 136 cm³/mol. The van der Waals surface area contributed by atoms with Crippen molar-refractivity contribution >= 4 is 35.1 Å². The molecule has 1 aromatic carbocycles. The molecule has 2 unspecified atom stereocenters. The SMILES string of the molecule is C=CCCOC(=O)[C@@H]1[C@H]2C(=O)N([C@H](C)CO)C(C(=O)N(CC=C)c3c(C)cccc3Cl)C23CC[C@H]1O3. The lowest BCUT2D eigenvalue weighted by Crippen LogP contribution is -2.58. The van der Waals surface area contributed by atoms with Gasteiger partial charge in [0.25, 0.3) is 5.91 Å². The molecule has 0 aliphatic carbocycles. The summed E-state index contributed by atoms with van der Waals surface area (Å²) in [6.07, 6.45) is 4.21. The van der Waals surface area contributed by atoms with E-state index in [9.17, 15) is 19.5 Å². The molecule has 0 radical (unpaired) electrons. The van der Waals surface area contributed by atoms with Crippen molar-refractivity contribution in [3.05, 3.63) is 54.1 Å². The van der Waals surface area contributed by atoms with Gasteiger partial charge in [-0.05, 0) is 44.7 Å². The summed E-state index contributed by atoms with van der Waals surface area (Å²) in [5.41, 5.74) is 0.123. The minimum absolute atomic E-state index is 0.159. The van der Waals surface area contributed by atoms with E-state index in [0.717, 1.165) is 5.56 Å². The molecule has 3 aliphatic heterocycles. The number of aliphatic hydroxyl groups excluding tert-OH is 1. The molecule has 1 N–H and O–H groups in total. The average Bonchev–Trinajstić information content (AvgIpc) is 3.50. The second-order valence-electron chi connectivity index (χ2n) is 9.72. The van der Waals surface area contributed by atoms with Crippen LogP contribution in [-0.4, -0.2) is 71.3 Å². The van der Waals surface area contributed by atoms with Gasteiger partial charge in [-0.25, -0.2) is 0 Å². The maximum Gasteiger partial charge on any atom is 0.312 e. The van der Waals surface area contributed by atoms with E-state index in [1.54, 1.807) is 31.2 Å². The highest BCUT2D eigenvalue weighted by Gasteiger charge is 2.75. The van der Waals surface area contributed by atoms with Gasteiger partial charge in [-0.2, -0.15) is 0 Å². The van der Waals surface area contributed by atoms with E-state index in [2.05, 4.69) is 13.2 Å². The molecular formula is C27H33ClN2O6. The van der Waals surface area contributed by atoms with E-state index in [4.69, 9.17) is 21.1 Å². The van der Waals surface area contributed by atoms with Crippen molar-refractivity contribution < 1.29 is 29.0 Å². The molecule has 3 fully saturated rings. The second-order valence-corrected chi connectivity index (χ2v) is 10.1. The third-order valence-corrected chi connectivity index (χ3v) is 7.89.